The number of hydrogen-bond donors (Lipinski definition) is 3. The van der Waals surface area contributed by atoms with Crippen LogP contribution in [-0.2, 0) is 19.4 Å². The number of pyridine rings is 1. The summed E-state index contributed by atoms with van der Waals surface area (Å²) in [6.45, 7) is 2.24. The maximum Gasteiger partial charge on any atom is 0.142 e. The molecule has 2 aromatic heterocycles. The Morgan fingerprint density at radius 2 is 2.11 bits per heavy atom. The number of phenolic OH excluding ortho intramolecular Hbond substituents is 1. The monoisotopic (exact) mass is 361 g/mol. The van der Waals surface area contributed by atoms with Crippen molar-refractivity contribution in [2.75, 3.05) is 12.3 Å². The van der Waals surface area contributed by atoms with Crippen LogP contribution >= 0.6 is 0 Å². The molecule has 0 aliphatic heterocycles. The van der Waals surface area contributed by atoms with Crippen molar-refractivity contribution in [3.05, 3.63) is 46.8 Å². The summed E-state index contributed by atoms with van der Waals surface area (Å²) in [6, 6.07) is 7.42. The molecule has 0 bridgehead atoms. The molecule has 3 aromatic rings. The Labute approximate surface area is 156 Å². The largest absolute Gasteiger partial charge is 0.508 e. The number of aromatic hydroxyl groups is 1. The Kier molecular flexibility index (Phi) is 4.05. The molecule has 0 saturated heterocycles. The van der Waals surface area contributed by atoms with Crippen LogP contribution in [0.25, 0.3) is 22.4 Å². The molecule has 27 heavy (non-hydrogen) atoms. The molecule has 4 rings (SSSR count). The van der Waals surface area contributed by atoms with Gasteiger partial charge < -0.3 is 15.9 Å². The van der Waals surface area contributed by atoms with Gasteiger partial charge in [0.1, 0.15) is 23.2 Å². The molecule has 0 unspecified atom stereocenters. The molecule has 7 nitrogen and oxygen atoms in total. The first kappa shape index (κ1) is 17.1. The van der Waals surface area contributed by atoms with Gasteiger partial charge in [-0.15, -0.1) is 0 Å². The second-order valence-corrected chi connectivity index (χ2v) is 6.64. The van der Waals surface area contributed by atoms with Crippen LogP contribution in [0.15, 0.2) is 24.4 Å². The fourth-order valence-electron chi connectivity index (χ4n) is 3.78. The number of nitriles is 1. The summed E-state index contributed by atoms with van der Waals surface area (Å²) in [5.74, 6) is 0.404. The van der Waals surface area contributed by atoms with Crippen molar-refractivity contribution >= 4 is 5.82 Å². The molecule has 7 heteroatoms. The van der Waals surface area contributed by atoms with E-state index in [0.29, 0.717) is 18.5 Å². The third kappa shape index (κ3) is 2.71. The quantitative estimate of drug-likeness (QED) is 0.657. The fourth-order valence-corrected chi connectivity index (χ4v) is 3.78. The van der Waals surface area contributed by atoms with E-state index in [2.05, 4.69) is 16.2 Å². The maximum absolute atomic E-state index is 9.78. The number of rotatable bonds is 3. The van der Waals surface area contributed by atoms with Crippen LogP contribution in [0, 0.1) is 18.3 Å². The second-order valence-electron chi connectivity index (χ2n) is 6.64. The fraction of sp³-hybridized carbons (Fsp3) is 0.250. The highest BCUT2D eigenvalue weighted by molar-refractivity contribution is 5.87. The Bertz CT molecular complexity index is 1090. The van der Waals surface area contributed by atoms with Gasteiger partial charge in [0.05, 0.1) is 24.5 Å². The second kappa shape index (κ2) is 6.41. The summed E-state index contributed by atoms with van der Waals surface area (Å²) in [4.78, 5) is 4.52. The zero-order valence-electron chi connectivity index (χ0n) is 14.9. The van der Waals surface area contributed by atoms with E-state index in [4.69, 9.17) is 5.73 Å². The number of benzene rings is 1. The third-order valence-corrected chi connectivity index (χ3v) is 4.97. The van der Waals surface area contributed by atoms with E-state index in [1.807, 2.05) is 19.2 Å². The van der Waals surface area contributed by atoms with E-state index in [-0.39, 0.29) is 18.2 Å². The molecule has 4 N–H and O–H groups in total. The minimum Gasteiger partial charge on any atom is -0.508 e. The van der Waals surface area contributed by atoms with Gasteiger partial charge in [-0.25, -0.2) is 4.98 Å². The third-order valence-electron chi connectivity index (χ3n) is 4.97. The van der Waals surface area contributed by atoms with E-state index in [1.54, 1.807) is 16.8 Å². The Morgan fingerprint density at radius 1 is 1.30 bits per heavy atom. The first-order chi connectivity index (χ1) is 13.0. The average molecular weight is 361 g/mol. The van der Waals surface area contributed by atoms with Crippen molar-refractivity contribution in [2.45, 2.75) is 26.3 Å². The Morgan fingerprint density at radius 3 is 2.85 bits per heavy atom. The van der Waals surface area contributed by atoms with Gasteiger partial charge in [0.25, 0.3) is 0 Å². The molecule has 1 aromatic carbocycles. The number of nitrogens with zero attached hydrogens (tertiary/aromatic N) is 4. The van der Waals surface area contributed by atoms with Gasteiger partial charge in [0.15, 0.2) is 0 Å². The van der Waals surface area contributed by atoms with Gasteiger partial charge >= 0.3 is 0 Å². The van der Waals surface area contributed by atoms with Gasteiger partial charge in [0, 0.05) is 22.9 Å². The topological polar surface area (TPSA) is 121 Å². The number of nitrogen functional groups attached to an aromatic ring is 1. The number of aliphatic hydroxyl groups excluding tert-OH is 1. The minimum absolute atomic E-state index is 0.0148. The number of phenols is 1. The van der Waals surface area contributed by atoms with Gasteiger partial charge in [-0.05, 0) is 49.1 Å². The van der Waals surface area contributed by atoms with Gasteiger partial charge in [0.2, 0.25) is 0 Å². The summed E-state index contributed by atoms with van der Waals surface area (Å²) in [6.07, 6.45) is 3.27. The van der Waals surface area contributed by atoms with Gasteiger partial charge in [-0.3, -0.25) is 4.68 Å². The first-order valence-corrected chi connectivity index (χ1v) is 8.73. The number of aryl methyl sites for hydroxylation is 2. The van der Waals surface area contributed by atoms with E-state index < -0.39 is 0 Å². The molecule has 1 aliphatic rings. The molecule has 0 fully saturated rings. The van der Waals surface area contributed by atoms with Crippen LogP contribution < -0.4 is 5.73 Å². The van der Waals surface area contributed by atoms with Crippen molar-refractivity contribution in [1.29, 1.82) is 5.26 Å². The lowest BCUT2D eigenvalue weighted by Crippen LogP contribution is -2.11. The number of hydrogen-bond acceptors (Lipinski definition) is 6. The molecule has 0 radical (unpaired) electrons. The zero-order chi connectivity index (χ0) is 19.1. The standard InChI is InChI=1S/C20H19N5O2/c1-11-17(10-25(24-11)6-7-26)18-15-4-2-12-8-13(27)3-5-14(12)19(15)23-20(22)16(18)9-21/h3,5,8,10,26-27H,2,4,6-7H2,1H3,(H2,22,23). The molecule has 0 atom stereocenters. The van der Waals surface area contributed by atoms with Crippen molar-refractivity contribution in [3.8, 4) is 34.2 Å². The van der Waals surface area contributed by atoms with Crippen molar-refractivity contribution in [2.24, 2.45) is 0 Å². The predicted octanol–water partition coefficient (Wildman–Crippen LogP) is 2.17. The number of nitrogens with two attached hydrogens (primary N) is 1. The summed E-state index contributed by atoms with van der Waals surface area (Å²) in [5.41, 5.74) is 12.5. The molecule has 0 saturated carbocycles. The van der Waals surface area contributed by atoms with Crippen molar-refractivity contribution < 1.29 is 10.2 Å². The zero-order valence-corrected chi connectivity index (χ0v) is 14.9. The summed E-state index contributed by atoms with van der Waals surface area (Å²) in [7, 11) is 0. The molecule has 0 spiro atoms. The molecule has 2 heterocycles. The SMILES string of the molecule is Cc1nn(CCO)cc1-c1c(C#N)c(N)nc2c1CCc1cc(O)ccc1-2. The van der Waals surface area contributed by atoms with E-state index in [0.717, 1.165) is 45.6 Å². The first-order valence-electron chi connectivity index (χ1n) is 8.73. The lowest BCUT2D eigenvalue weighted by atomic mass is 9.83. The van der Waals surface area contributed by atoms with Crippen molar-refractivity contribution in [1.82, 2.24) is 14.8 Å². The number of anilines is 1. The van der Waals surface area contributed by atoms with Crippen LogP contribution in [0.2, 0.25) is 0 Å². The van der Waals surface area contributed by atoms with Crippen LogP contribution in [0.5, 0.6) is 5.75 Å². The predicted molar refractivity (Wildman–Crippen MR) is 101 cm³/mol. The maximum atomic E-state index is 9.78. The van der Waals surface area contributed by atoms with Crippen LogP contribution in [0.4, 0.5) is 5.82 Å². The van der Waals surface area contributed by atoms with Crippen molar-refractivity contribution in [3.63, 3.8) is 0 Å². The highest BCUT2D eigenvalue weighted by Gasteiger charge is 2.27. The molecular formula is C20H19N5O2. The molecule has 136 valence electrons. The van der Waals surface area contributed by atoms with Gasteiger partial charge in [-0.1, -0.05) is 0 Å². The Hall–Kier alpha value is -3.37. The number of fused-ring (bicyclic) bond motifs is 3. The average Bonchev–Trinajstić information content (AvgIpc) is 3.00. The summed E-state index contributed by atoms with van der Waals surface area (Å²) in [5, 5.41) is 33.1. The van der Waals surface area contributed by atoms with Crippen LogP contribution in [-0.4, -0.2) is 31.6 Å². The Balaban J connectivity index is 2.01. The lowest BCUT2D eigenvalue weighted by Gasteiger charge is -2.23. The number of aromatic nitrogens is 3. The minimum atomic E-state index is -0.0148. The van der Waals surface area contributed by atoms with Gasteiger partial charge in [-0.2, -0.15) is 10.4 Å². The summed E-state index contributed by atoms with van der Waals surface area (Å²) < 4.78 is 1.67. The van der Waals surface area contributed by atoms with E-state index in [9.17, 15) is 15.5 Å². The molecule has 1 aliphatic carbocycles. The normalized spacial score (nSPS) is 12.3. The highest BCUT2D eigenvalue weighted by Crippen LogP contribution is 2.42. The van der Waals surface area contributed by atoms with E-state index in [1.165, 1.54) is 0 Å². The smallest absolute Gasteiger partial charge is 0.142 e. The highest BCUT2D eigenvalue weighted by atomic mass is 16.3. The lowest BCUT2D eigenvalue weighted by molar-refractivity contribution is 0.269. The molecule has 0 amide bonds. The summed E-state index contributed by atoms with van der Waals surface area (Å²) >= 11 is 0. The number of aliphatic hydroxyl groups is 1. The van der Waals surface area contributed by atoms with Crippen LogP contribution in [0.1, 0.15) is 22.4 Å². The van der Waals surface area contributed by atoms with Crippen LogP contribution in [0.3, 0.4) is 0 Å². The molecular weight excluding hydrogens is 342 g/mol. The van der Waals surface area contributed by atoms with E-state index >= 15 is 0 Å².